The van der Waals surface area contributed by atoms with Crippen molar-refractivity contribution < 1.29 is 13.2 Å². The maximum absolute atomic E-state index is 13.0. The van der Waals surface area contributed by atoms with Crippen LogP contribution in [-0.4, -0.2) is 47.8 Å². The second-order valence-electron chi connectivity index (χ2n) is 6.84. The molecule has 2 heterocycles. The third-order valence-corrected chi connectivity index (χ3v) is 5.34. The molecule has 1 saturated heterocycles. The number of hydrogen-bond acceptors (Lipinski definition) is 4. The standard InChI is InChI=1S/C14H25N3O3S/c1-10-7-17(8-11(2)20-10)21(18,19)12-9-16(6)15-13(12)14(3,4)5/h9-11H,7-8H2,1-6H3. The summed E-state index contributed by atoms with van der Waals surface area (Å²) in [5.74, 6) is 0. The monoisotopic (exact) mass is 315 g/mol. The van der Waals surface area contributed by atoms with Crippen molar-refractivity contribution >= 4 is 10.0 Å². The Morgan fingerprint density at radius 2 is 1.76 bits per heavy atom. The van der Waals surface area contributed by atoms with E-state index < -0.39 is 10.0 Å². The van der Waals surface area contributed by atoms with Gasteiger partial charge in [-0.05, 0) is 13.8 Å². The Kier molecular flexibility index (Phi) is 4.21. The van der Waals surface area contributed by atoms with Crippen LogP contribution in [0.15, 0.2) is 11.1 Å². The summed E-state index contributed by atoms with van der Waals surface area (Å²) in [5, 5.41) is 4.36. The number of rotatable bonds is 2. The summed E-state index contributed by atoms with van der Waals surface area (Å²) in [5.41, 5.74) is 0.282. The molecule has 0 amide bonds. The molecule has 2 rings (SSSR count). The molecule has 1 aromatic rings. The minimum absolute atomic E-state index is 0.0988. The topological polar surface area (TPSA) is 64.4 Å². The molecule has 1 aliphatic rings. The van der Waals surface area contributed by atoms with Crippen LogP contribution < -0.4 is 0 Å². The van der Waals surface area contributed by atoms with Gasteiger partial charge in [0.05, 0.1) is 17.9 Å². The third kappa shape index (κ3) is 3.30. The highest BCUT2D eigenvalue weighted by molar-refractivity contribution is 7.89. The summed E-state index contributed by atoms with van der Waals surface area (Å²) in [6.45, 7) is 10.5. The third-order valence-electron chi connectivity index (χ3n) is 3.51. The van der Waals surface area contributed by atoms with Crippen LogP contribution in [0, 0.1) is 0 Å². The zero-order chi connectivity index (χ0) is 16.0. The smallest absolute Gasteiger partial charge is 0.246 e. The zero-order valence-corrected chi connectivity index (χ0v) is 14.4. The highest BCUT2D eigenvalue weighted by atomic mass is 32.2. The Balaban J connectivity index is 2.45. The molecule has 7 heteroatoms. The maximum atomic E-state index is 13.0. The van der Waals surface area contributed by atoms with Crippen LogP contribution in [0.3, 0.4) is 0 Å². The number of aryl methyl sites for hydroxylation is 1. The van der Waals surface area contributed by atoms with Crippen LogP contribution >= 0.6 is 0 Å². The first-order valence-electron chi connectivity index (χ1n) is 7.21. The molecule has 0 N–H and O–H groups in total. The molecule has 0 bridgehead atoms. The molecule has 6 nitrogen and oxygen atoms in total. The maximum Gasteiger partial charge on any atom is 0.246 e. The van der Waals surface area contributed by atoms with E-state index in [2.05, 4.69) is 5.10 Å². The van der Waals surface area contributed by atoms with Crippen LogP contribution in [0.4, 0.5) is 0 Å². The Morgan fingerprint density at radius 1 is 1.24 bits per heavy atom. The van der Waals surface area contributed by atoms with E-state index in [0.29, 0.717) is 23.7 Å². The first-order chi connectivity index (χ1) is 9.51. The van der Waals surface area contributed by atoms with Gasteiger partial charge in [0.25, 0.3) is 0 Å². The van der Waals surface area contributed by atoms with Crippen molar-refractivity contribution in [2.45, 2.75) is 57.1 Å². The SMILES string of the molecule is CC1CN(S(=O)(=O)c2cn(C)nc2C(C)(C)C)CC(C)O1. The number of hydrogen-bond donors (Lipinski definition) is 0. The average molecular weight is 315 g/mol. The van der Waals surface area contributed by atoms with Gasteiger partial charge in [-0.25, -0.2) is 8.42 Å². The number of morpholine rings is 1. The molecule has 120 valence electrons. The van der Waals surface area contributed by atoms with Gasteiger partial charge in [-0.2, -0.15) is 9.40 Å². The van der Waals surface area contributed by atoms with Crippen molar-refractivity contribution in [1.82, 2.24) is 14.1 Å². The molecule has 1 aromatic heterocycles. The lowest BCUT2D eigenvalue weighted by atomic mass is 9.92. The fraction of sp³-hybridized carbons (Fsp3) is 0.786. The molecule has 0 aliphatic carbocycles. The van der Waals surface area contributed by atoms with Gasteiger partial charge >= 0.3 is 0 Å². The van der Waals surface area contributed by atoms with Gasteiger partial charge in [0, 0.05) is 31.7 Å². The molecule has 0 spiro atoms. The molecular weight excluding hydrogens is 290 g/mol. The van der Waals surface area contributed by atoms with Crippen molar-refractivity contribution in [2.75, 3.05) is 13.1 Å². The number of aromatic nitrogens is 2. The van der Waals surface area contributed by atoms with Crippen molar-refractivity contribution in [3.8, 4) is 0 Å². The predicted molar refractivity (Wildman–Crippen MR) is 80.7 cm³/mol. The van der Waals surface area contributed by atoms with Gasteiger partial charge in [0.15, 0.2) is 0 Å². The van der Waals surface area contributed by atoms with Crippen LogP contribution in [-0.2, 0) is 27.2 Å². The molecule has 2 atom stereocenters. The number of nitrogens with zero attached hydrogens (tertiary/aromatic N) is 3. The highest BCUT2D eigenvalue weighted by Crippen LogP contribution is 2.30. The van der Waals surface area contributed by atoms with Gasteiger partial charge in [-0.3, -0.25) is 4.68 Å². The van der Waals surface area contributed by atoms with E-state index in [1.165, 1.54) is 4.31 Å². The predicted octanol–water partition coefficient (Wildman–Crippen LogP) is 1.52. The van der Waals surface area contributed by atoms with E-state index in [-0.39, 0.29) is 17.6 Å². The van der Waals surface area contributed by atoms with Crippen LogP contribution in [0.2, 0.25) is 0 Å². The van der Waals surface area contributed by atoms with Crippen LogP contribution in [0.25, 0.3) is 0 Å². The molecule has 0 aromatic carbocycles. The molecular formula is C14H25N3O3S. The first kappa shape index (κ1) is 16.5. The Bertz CT molecular complexity index is 606. The Labute approximate surface area is 127 Å². The normalized spacial score (nSPS) is 25.2. The number of sulfonamides is 1. The van der Waals surface area contributed by atoms with Gasteiger partial charge in [-0.15, -0.1) is 0 Å². The molecule has 1 aliphatic heterocycles. The minimum atomic E-state index is -3.55. The van der Waals surface area contributed by atoms with E-state index in [0.717, 1.165) is 0 Å². The lowest BCUT2D eigenvalue weighted by molar-refractivity contribution is -0.0441. The van der Waals surface area contributed by atoms with Gasteiger partial charge in [0.2, 0.25) is 10.0 Å². The van der Waals surface area contributed by atoms with Crippen LogP contribution in [0.5, 0.6) is 0 Å². The molecule has 21 heavy (non-hydrogen) atoms. The molecule has 0 radical (unpaired) electrons. The second-order valence-corrected chi connectivity index (χ2v) is 8.75. The highest BCUT2D eigenvalue weighted by Gasteiger charge is 2.37. The van der Waals surface area contributed by atoms with Crippen molar-refractivity contribution in [3.05, 3.63) is 11.9 Å². The van der Waals surface area contributed by atoms with E-state index in [1.54, 1.807) is 17.9 Å². The summed E-state index contributed by atoms with van der Waals surface area (Å²) in [7, 11) is -1.80. The second kappa shape index (κ2) is 5.37. The molecule has 0 saturated carbocycles. The van der Waals surface area contributed by atoms with E-state index >= 15 is 0 Å². The van der Waals surface area contributed by atoms with Crippen molar-refractivity contribution in [3.63, 3.8) is 0 Å². The lowest BCUT2D eigenvalue weighted by Gasteiger charge is -2.34. The fourth-order valence-corrected chi connectivity index (χ4v) is 4.61. The fourth-order valence-electron chi connectivity index (χ4n) is 2.64. The van der Waals surface area contributed by atoms with Crippen LogP contribution in [0.1, 0.15) is 40.3 Å². The van der Waals surface area contributed by atoms with Gasteiger partial charge < -0.3 is 4.74 Å². The summed E-state index contributed by atoms with van der Waals surface area (Å²) in [4.78, 5) is 0.304. The summed E-state index contributed by atoms with van der Waals surface area (Å²) in [6.07, 6.45) is 1.40. The van der Waals surface area contributed by atoms with E-state index in [4.69, 9.17) is 4.74 Å². The largest absolute Gasteiger partial charge is 0.373 e. The minimum Gasteiger partial charge on any atom is -0.373 e. The van der Waals surface area contributed by atoms with Gasteiger partial charge in [-0.1, -0.05) is 20.8 Å². The van der Waals surface area contributed by atoms with Crippen molar-refractivity contribution in [2.24, 2.45) is 7.05 Å². The summed E-state index contributed by atoms with van der Waals surface area (Å²) >= 11 is 0. The van der Waals surface area contributed by atoms with Crippen molar-refractivity contribution in [1.29, 1.82) is 0 Å². The lowest BCUT2D eigenvalue weighted by Crippen LogP contribution is -2.48. The van der Waals surface area contributed by atoms with E-state index in [1.807, 2.05) is 34.6 Å². The number of ether oxygens (including phenoxy) is 1. The van der Waals surface area contributed by atoms with Gasteiger partial charge in [0.1, 0.15) is 4.90 Å². The molecule has 2 unspecified atom stereocenters. The Hall–Kier alpha value is -0.920. The summed E-state index contributed by atoms with van der Waals surface area (Å²) in [6, 6.07) is 0. The molecule has 1 fully saturated rings. The average Bonchev–Trinajstić information content (AvgIpc) is 2.70. The van der Waals surface area contributed by atoms with E-state index in [9.17, 15) is 8.42 Å². The summed E-state index contributed by atoms with van der Waals surface area (Å²) < 4.78 is 34.7. The first-order valence-corrected chi connectivity index (χ1v) is 8.65. The quantitative estimate of drug-likeness (QED) is 0.830. The zero-order valence-electron chi connectivity index (χ0n) is 13.6. The Morgan fingerprint density at radius 3 is 2.24 bits per heavy atom.